The first kappa shape index (κ1) is 14.7. The molecule has 4 nitrogen and oxygen atoms in total. The van der Waals surface area contributed by atoms with Crippen LogP contribution in [0.5, 0.6) is 0 Å². The van der Waals surface area contributed by atoms with Crippen LogP contribution in [0.25, 0.3) is 0 Å². The fourth-order valence-electron chi connectivity index (χ4n) is 1.51. The lowest BCUT2D eigenvalue weighted by molar-refractivity contribution is 0.0700. The largest absolute Gasteiger partial charge is 0.383 e. The Balaban J connectivity index is 2.77. The van der Waals surface area contributed by atoms with Crippen LogP contribution < -0.4 is 0 Å². The number of methoxy groups -OCH3 is 1. The van der Waals surface area contributed by atoms with Gasteiger partial charge in [-0.3, -0.25) is 4.79 Å². The fourth-order valence-corrected chi connectivity index (χ4v) is 1.90. The molecular weight excluding hydrogens is 296 g/mol. The van der Waals surface area contributed by atoms with Crippen LogP contribution in [0.4, 0.5) is 0 Å². The molecule has 0 fully saturated rings. The summed E-state index contributed by atoms with van der Waals surface area (Å²) in [6.07, 6.45) is 0.323. The summed E-state index contributed by atoms with van der Waals surface area (Å²) in [5, 5.41) is 8.61. The lowest BCUT2D eigenvalue weighted by Crippen LogP contribution is -2.34. The number of nitriles is 1. The normalized spacial score (nSPS) is 9.83. The highest BCUT2D eigenvalue weighted by Gasteiger charge is 2.15. The summed E-state index contributed by atoms with van der Waals surface area (Å²) in [6.45, 7) is 1.37. The third-order valence-corrected chi connectivity index (χ3v) is 2.91. The Morgan fingerprint density at radius 1 is 1.50 bits per heavy atom. The molecule has 0 aliphatic heterocycles. The number of hydrogen-bond donors (Lipinski definition) is 0. The number of hydrogen-bond acceptors (Lipinski definition) is 3. The van der Waals surface area contributed by atoms with E-state index in [0.29, 0.717) is 31.7 Å². The summed E-state index contributed by atoms with van der Waals surface area (Å²) in [4.78, 5) is 13.9. The molecule has 0 spiro atoms. The minimum atomic E-state index is -0.0800. The maximum absolute atomic E-state index is 12.2. The summed E-state index contributed by atoms with van der Waals surface area (Å²) >= 11 is 3.34. The molecule has 0 saturated carbocycles. The van der Waals surface area contributed by atoms with E-state index in [1.165, 1.54) is 0 Å². The Morgan fingerprint density at radius 2 is 2.28 bits per heavy atom. The van der Waals surface area contributed by atoms with Gasteiger partial charge in [0, 0.05) is 30.2 Å². The van der Waals surface area contributed by atoms with Gasteiger partial charge in [0.1, 0.15) is 0 Å². The van der Waals surface area contributed by atoms with Gasteiger partial charge in [0.2, 0.25) is 0 Å². The van der Waals surface area contributed by atoms with E-state index >= 15 is 0 Å². The number of ether oxygens (including phenoxy) is 1. The van der Waals surface area contributed by atoms with Gasteiger partial charge < -0.3 is 9.64 Å². The van der Waals surface area contributed by atoms with E-state index in [0.717, 1.165) is 4.47 Å². The van der Waals surface area contributed by atoms with Gasteiger partial charge in [-0.05, 0) is 18.2 Å². The quantitative estimate of drug-likeness (QED) is 0.811. The highest BCUT2D eigenvalue weighted by atomic mass is 79.9. The first-order valence-corrected chi connectivity index (χ1v) is 6.39. The molecule has 1 aromatic carbocycles. The van der Waals surface area contributed by atoms with Crippen LogP contribution in [0, 0.1) is 11.3 Å². The molecule has 0 N–H and O–H groups in total. The Kier molecular flexibility index (Phi) is 6.40. The Labute approximate surface area is 115 Å². The van der Waals surface area contributed by atoms with Crippen molar-refractivity contribution < 1.29 is 9.53 Å². The van der Waals surface area contributed by atoms with Crippen molar-refractivity contribution in [2.45, 2.75) is 6.42 Å². The van der Waals surface area contributed by atoms with Gasteiger partial charge in [-0.25, -0.2) is 0 Å². The SMILES string of the molecule is COCCN(CCC#N)C(=O)c1cccc(Br)c1. The number of carbonyl (C=O) groups is 1. The fraction of sp³-hybridized carbons (Fsp3) is 0.385. The molecule has 18 heavy (non-hydrogen) atoms. The molecule has 0 aromatic heterocycles. The molecule has 1 rings (SSSR count). The van der Waals surface area contributed by atoms with Gasteiger partial charge in [-0.2, -0.15) is 5.26 Å². The molecule has 0 aliphatic carbocycles. The van der Waals surface area contributed by atoms with E-state index in [9.17, 15) is 4.79 Å². The third-order valence-electron chi connectivity index (χ3n) is 2.42. The standard InChI is InChI=1S/C13H15BrN2O2/c1-18-9-8-16(7-3-6-15)13(17)11-4-2-5-12(14)10-11/h2,4-5,10H,3,7-9H2,1H3. The average Bonchev–Trinajstić information content (AvgIpc) is 2.38. The molecular formula is C13H15BrN2O2. The predicted octanol–water partition coefficient (Wildman–Crippen LogP) is 2.45. The van der Waals surface area contributed by atoms with E-state index in [4.69, 9.17) is 10.00 Å². The van der Waals surface area contributed by atoms with Gasteiger partial charge in [0.05, 0.1) is 19.1 Å². The highest BCUT2D eigenvalue weighted by molar-refractivity contribution is 9.10. The average molecular weight is 311 g/mol. The summed E-state index contributed by atoms with van der Waals surface area (Å²) in [5.41, 5.74) is 0.610. The van der Waals surface area contributed by atoms with Gasteiger partial charge in [0.15, 0.2) is 0 Å². The second-order valence-electron chi connectivity index (χ2n) is 3.70. The van der Waals surface area contributed by atoms with Crippen molar-refractivity contribution in [2.24, 2.45) is 0 Å². The first-order chi connectivity index (χ1) is 8.69. The number of benzene rings is 1. The van der Waals surface area contributed by atoms with Crippen LogP contribution in [0.3, 0.4) is 0 Å². The molecule has 0 aliphatic rings. The highest BCUT2D eigenvalue weighted by Crippen LogP contribution is 2.13. The summed E-state index contributed by atoms with van der Waals surface area (Å²) in [6, 6.07) is 9.27. The van der Waals surface area contributed by atoms with Crippen LogP contribution in [-0.4, -0.2) is 37.6 Å². The smallest absolute Gasteiger partial charge is 0.254 e. The van der Waals surface area contributed by atoms with E-state index in [2.05, 4.69) is 15.9 Å². The maximum atomic E-state index is 12.2. The van der Waals surface area contributed by atoms with Crippen molar-refractivity contribution in [3.05, 3.63) is 34.3 Å². The monoisotopic (exact) mass is 310 g/mol. The molecule has 0 unspecified atom stereocenters. The van der Waals surface area contributed by atoms with Gasteiger partial charge >= 0.3 is 0 Å². The molecule has 0 radical (unpaired) electrons. The van der Waals surface area contributed by atoms with E-state index < -0.39 is 0 Å². The summed E-state index contributed by atoms with van der Waals surface area (Å²) in [7, 11) is 1.59. The molecule has 1 aromatic rings. The van der Waals surface area contributed by atoms with E-state index in [-0.39, 0.29) is 5.91 Å². The molecule has 96 valence electrons. The van der Waals surface area contributed by atoms with Gasteiger partial charge in [-0.1, -0.05) is 22.0 Å². The minimum absolute atomic E-state index is 0.0800. The first-order valence-electron chi connectivity index (χ1n) is 5.59. The van der Waals surface area contributed by atoms with Crippen molar-refractivity contribution in [2.75, 3.05) is 26.8 Å². The summed E-state index contributed by atoms with van der Waals surface area (Å²) < 4.78 is 5.84. The van der Waals surface area contributed by atoms with Crippen molar-refractivity contribution >= 4 is 21.8 Å². The zero-order valence-corrected chi connectivity index (χ0v) is 11.8. The van der Waals surface area contributed by atoms with Crippen molar-refractivity contribution in [1.29, 1.82) is 5.26 Å². The van der Waals surface area contributed by atoms with Crippen molar-refractivity contribution in [3.63, 3.8) is 0 Å². The molecule has 0 bridgehead atoms. The van der Waals surface area contributed by atoms with Crippen LogP contribution in [-0.2, 0) is 4.74 Å². The lowest BCUT2D eigenvalue weighted by atomic mass is 10.2. The van der Waals surface area contributed by atoms with Crippen LogP contribution in [0.15, 0.2) is 28.7 Å². The van der Waals surface area contributed by atoms with E-state index in [1.807, 2.05) is 18.2 Å². The molecule has 0 atom stereocenters. The molecule has 0 heterocycles. The number of carbonyl (C=O) groups excluding carboxylic acids is 1. The van der Waals surface area contributed by atoms with Crippen LogP contribution in [0.2, 0.25) is 0 Å². The van der Waals surface area contributed by atoms with Crippen molar-refractivity contribution in [1.82, 2.24) is 4.90 Å². The topological polar surface area (TPSA) is 53.3 Å². The zero-order valence-electron chi connectivity index (χ0n) is 10.2. The Hall–Kier alpha value is -1.38. The van der Waals surface area contributed by atoms with Crippen LogP contribution >= 0.6 is 15.9 Å². The second-order valence-corrected chi connectivity index (χ2v) is 4.62. The summed E-state index contributed by atoms with van der Waals surface area (Å²) in [5.74, 6) is -0.0800. The third kappa shape index (κ3) is 4.47. The van der Waals surface area contributed by atoms with Gasteiger partial charge in [0.25, 0.3) is 5.91 Å². The van der Waals surface area contributed by atoms with E-state index in [1.54, 1.807) is 24.1 Å². The Bertz CT molecular complexity index is 443. The van der Waals surface area contributed by atoms with Gasteiger partial charge in [-0.15, -0.1) is 0 Å². The Morgan fingerprint density at radius 3 is 2.89 bits per heavy atom. The minimum Gasteiger partial charge on any atom is -0.383 e. The van der Waals surface area contributed by atoms with Crippen molar-refractivity contribution in [3.8, 4) is 6.07 Å². The lowest BCUT2D eigenvalue weighted by Gasteiger charge is -2.21. The number of halogens is 1. The molecule has 5 heteroatoms. The number of rotatable bonds is 6. The number of amides is 1. The zero-order chi connectivity index (χ0) is 13.4. The maximum Gasteiger partial charge on any atom is 0.254 e. The molecule has 1 amide bonds. The number of nitrogens with zero attached hydrogens (tertiary/aromatic N) is 2. The molecule has 0 saturated heterocycles. The van der Waals surface area contributed by atoms with Crippen LogP contribution in [0.1, 0.15) is 16.8 Å². The predicted molar refractivity (Wildman–Crippen MR) is 72.2 cm³/mol. The second kappa shape index (κ2) is 7.85.